The molecule has 1 amide bonds. The molecule has 10 heteroatoms. The zero-order valence-electron chi connectivity index (χ0n) is 15.5. The maximum absolute atomic E-state index is 12.6. The largest absolute Gasteiger partial charge is 0.346 e. The van der Waals surface area contributed by atoms with Gasteiger partial charge in [0, 0.05) is 10.3 Å². The molecule has 0 aliphatic heterocycles. The van der Waals surface area contributed by atoms with Crippen molar-refractivity contribution in [1.29, 1.82) is 0 Å². The predicted molar refractivity (Wildman–Crippen MR) is 115 cm³/mol. The van der Waals surface area contributed by atoms with Crippen molar-refractivity contribution in [3.05, 3.63) is 69.5 Å². The van der Waals surface area contributed by atoms with Crippen LogP contribution in [0.15, 0.2) is 52.7 Å². The molecule has 0 bridgehead atoms. The van der Waals surface area contributed by atoms with E-state index >= 15 is 0 Å². The summed E-state index contributed by atoms with van der Waals surface area (Å²) in [6.07, 6.45) is 0. The molecule has 0 spiro atoms. The van der Waals surface area contributed by atoms with Gasteiger partial charge in [0.2, 0.25) is 10.0 Å². The first-order valence-corrected chi connectivity index (χ1v) is 11.9. The molecule has 0 fully saturated rings. The first kappa shape index (κ1) is 19.8. The van der Waals surface area contributed by atoms with Crippen LogP contribution < -0.4 is 10.5 Å². The third-order valence-corrected chi connectivity index (χ3v) is 8.02. The van der Waals surface area contributed by atoms with Crippen LogP contribution in [0.2, 0.25) is 0 Å². The molecule has 0 aliphatic carbocycles. The van der Waals surface area contributed by atoms with E-state index in [2.05, 4.69) is 10.4 Å². The van der Waals surface area contributed by atoms with Crippen molar-refractivity contribution < 1.29 is 13.2 Å². The Balaban J connectivity index is 1.51. The van der Waals surface area contributed by atoms with Crippen molar-refractivity contribution in [3.63, 3.8) is 0 Å². The molecular formula is C19H18N4O3S3. The number of thiophene rings is 2. The smallest absolute Gasteiger partial charge is 0.261 e. The summed E-state index contributed by atoms with van der Waals surface area (Å²) in [7, 11) is -3.72. The fraction of sp³-hybridized carbons (Fsp3) is 0.158. The summed E-state index contributed by atoms with van der Waals surface area (Å²) in [5.41, 5.74) is 2.02. The van der Waals surface area contributed by atoms with Crippen LogP contribution in [-0.4, -0.2) is 24.1 Å². The average Bonchev–Trinajstić information content (AvgIpc) is 3.38. The Hall–Kier alpha value is -2.53. The Labute approximate surface area is 175 Å². The molecule has 0 aliphatic rings. The van der Waals surface area contributed by atoms with Crippen molar-refractivity contribution in [2.75, 3.05) is 0 Å². The topological polar surface area (TPSA) is 107 Å². The maximum Gasteiger partial charge on any atom is 0.261 e. The number of aromatic nitrogens is 2. The molecule has 3 heterocycles. The Morgan fingerprint density at radius 2 is 1.93 bits per heavy atom. The highest BCUT2D eigenvalue weighted by atomic mass is 32.2. The second-order valence-electron chi connectivity index (χ2n) is 6.51. The minimum absolute atomic E-state index is 0.0836. The van der Waals surface area contributed by atoms with E-state index < -0.39 is 10.0 Å². The lowest BCUT2D eigenvalue weighted by Gasteiger charge is -2.03. The number of sulfonamides is 1. The number of benzene rings is 1. The molecular weight excluding hydrogens is 428 g/mol. The van der Waals surface area contributed by atoms with Gasteiger partial charge in [-0.05, 0) is 30.7 Å². The highest BCUT2D eigenvalue weighted by Crippen LogP contribution is 2.29. The number of amides is 1. The number of fused-ring (bicyclic) bond motifs is 1. The van der Waals surface area contributed by atoms with Gasteiger partial charge in [0.25, 0.3) is 5.91 Å². The van der Waals surface area contributed by atoms with Crippen LogP contribution in [0.4, 0.5) is 0 Å². The zero-order chi connectivity index (χ0) is 20.6. The van der Waals surface area contributed by atoms with Crippen molar-refractivity contribution in [2.45, 2.75) is 24.2 Å². The summed E-state index contributed by atoms with van der Waals surface area (Å²) in [5.74, 6) is -0.206. The van der Waals surface area contributed by atoms with Gasteiger partial charge in [0.15, 0.2) is 0 Å². The molecule has 7 nitrogen and oxygen atoms in total. The van der Waals surface area contributed by atoms with Crippen molar-refractivity contribution in [2.24, 2.45) is 5.14 Å². The molecule has 0 saturated heterocycles. The quantitative estimate of drug-likeness (QED) is 0.474. The highest BCUT2D eigenvalue weighted by molar-refractivity contribution is 7.91. The summed E-state index contributed by atoms with van der Waals surface area (Å²) >= 11 is 2.44. The number of aryl methyl sites for hydroxylation is 1. The van der Waals surface area contributed by atoms with Gasteiger partial charge in [-0.2, -0.15) is 5.10 Å². The first-order valence-electron chi connectivity index (χ1n) is 8.72. The van der Waals surface area contributed by atoms with Crippen LogP contribution in [0, 0.1) is 6.92 Å². The standard InChI is InChI=1S/C19H18N4O3S3/c1-12-15-9-16(18(24)21-10-14-7-8-17(27-14)29(20,25)26)28-19(15)23(22-12)11-13-5-3-2-4-6-13/h2-9H,10-11H2,1H3,(H,21,24)(H2,20,25,26). The zero-order valence-corrected chi connectivity index (χ0v) is 17.9. The summed E-state index contributed by atoms with van der Waals surface area (Å²) < 4.78 is 24.7. The molecule has 3 aromatic heterocycles. The van der Waals surface area contributed by atoms with Crippen molar-refractivity contribution in [1.82, 2.24) is 15.1 Å². The van der Waals surface area contributed by atoms with Gasteiger partial charge in [-0.15, -0.1) is 22.7 Å². The minimum atomic E-state index is -3.72. The molecule has 0 unspecified atom stereocenters. The van der Waals surface area contributed by atoms with E-state index in [1.165, 1.54) is 17.4 Å². The van der Waals surface area contributed by atoms with E-state index in [0.717, 1.165) is 37.7 Å². The molecule has 0 radical (unpaired) electrons. The summed E-state index contributed by atoms with van der Waals surface area (Å²) in [4.78, 5) is 14.9. The third-order valence-electron chi connectivity index (χ3n) is 4.35. The third kappa shape index (κ3) is 4.25. The number of primary sulfonamides is 1. The van der Waals surface area contributed by atoms with E-state index in [1.807, 2.05) is 48.0 Å². The number of nitrogens with zero attached hydrogens (tertiary/aromatic N) is 2. The van der Waals surface area contributed by atoms with Gasteiger partial charge in [0.1, 0.15) is 9.04 Å². The summed E-state index contributed by atoms with van der Waals surface area (Å²) in [5, 5.41) is 13.5. The average molecular weight is 447 g/mol. The predicted octanol–water partition coefficient (Wildman–Crippen LogP) is 3.09. The van der Waals surface area contributed by atoms with E-state index in [0.29, 0.717) is 11.4 Å². The van der Waals surface area contributed by atoms with E-state index in [-0.39, 0.29) is 16.7 Å². The Kier molecular flexibility index (Phi) is 5.26. The molecule has 0 saturated carbocycles. The van der Waals surface area contributed by atoms with Crippen LogP contribution in [0.5, 0.6) is 0 Å². The van der Waals surface area contributed by atoms with Crippen LogP contribution >= 0.6 is 22.7 Å². The number of hydrogen-bond donors (Lipinski definition) is 2. The second kappa shape index (κ2) is 7.71. The number of hydrogen-bond acceptors (Lipinski definition) is 6. The number of carbonyl (C=O) groups is 1. The lowest BCUT2D eigenvalue weighted by Crippen LogP contribution is -2.21. The number of carbonyl (C=O) groups excluding carboxylic acids is 1. The molecule has 4 rings (SSSR count). The molecule has 1 aromatic carbocycles. The number of nitrogens with two attached hydrogens (primary N) is 1. The van der Waals surface area contributed by atoms with E-state index in [4.69, 9.17) is 5.14 Å². The summed E-state index contributed by atoms with van der Waals surface area (Å²) in [6, 6.07) is 15.0. The Morgan fingerprint density at radius 1 is 1.17 bits per heavy atom. The number of rotatable bonds is 6. The molecule has 4 aromatic rings. The van der Waals surface area contributed by atoms with Crippen molar-refractivity contribution in [3.8, 4) is 0 Å². The SMILES string of the molecule is Cc1nn(Cc2ccccc2)c2sc(C(=O)NCc3ccc(S(N)(=O)=O)s3)cc12. The number of nitrogens with one attached hydrogen (secondary N) is 1. The minimum Gasteiger partial charge on any atom is -0.346 e. The van der Waals surface area contributed by atoms with E-state index in [1.54, 1.807) is 6.07 Å². The van der Waals surface area contributed by atoms with Crippen LogP contribution in [-0.2, 0) is 23.1 Å². The molecule has 3 N–H and O–H groups in total. The molecule has 150 valence electrons. The van der Waals surface area contributed by atoms with E-state index in [9.17, 15) is 13.2 Å². The maximum atomic E-state index is 12.6. The van der Waals surface area contributed by atoms with Gasteiger partial charge in [-0.25, -0.2) is 13.6 Å². The highest BCUT2D eigenvalue weighted by Gasteiger charge is 2.17. The monoisotopic (exact) mass is 446 g/mol. The fourth-order valence-electron chi connectivity index (χ4n) is 2.95. The van der Waals surface area contributed by atoms with Crippen LogP contribution in [0.3, 0.4) is 0 Å². The lowest BCUT2D eigenvalue weighted by molar-refractivity contribution is 0.0955. The van der Waals surface area contributed by atoms with Crippen molar-refractivity contribution >= 4 is 48.8 Å². The Bertz CT molecular complexity index is 1290. The fourth-order valence-corrected chi connectivity index (χ4v) is 5.74. The van der Waals surface area contributed by atoms with Gasteiger partial charge in [-0.3, -0.25) is 9.48 Å². The lowest BCUT2D eigenvalue weighted by atomic mass is 10.2. The van der Waals surface area contributed by atoms with Gasteiger partial charge in [0.05, 0.1) is 23.7 Å². The first-order chi connectivity index (χ1) is 13.8. The Morgan fingerprint density at radius 3 is 2.62 bits per heavy atom. The van der Waals surface area contributed by atoms with Crippen LogP contribution in [0.25, 0.3) is 10.2 Å². The van der Waals surface area contributed by atoms with Gasteiger partial charge < -0.3 is 5.32 Å². The second-order valence-corrected chi connectivity index (χ2v) is 10.5. The van der Waals surface area contributed by atoms with Gasteiger partial charge in [-0.1, -0.05) is 30.3 Å². The molecule has 0 atom stereocenters. The van der Waals surface area contributed by atoms with Gasteiger partial charge >= 0.3 is 0 Å². The summed E-state index contributed by atoms with van der Waals surface area (Å²) in [6.45, 7) is 2.80. The normalized spacial score (nSPS) is 11.8. The van der Waals surface area contributed by atoms with Crippen LogP contribution in [0.1, 0.15) is 25.8 Å². The molecule has 29 heavy (non-hydrogen) atoms.